The van der Waals surface area contributed by atoms with E-state index in [0.717, 1.165) is 15.4 Å². The van der Waals surface area contributed by atoms with Crippen molar-refractivity contribution in [3.05, 3.63) is 53.3 Å². The summed E-state index contributed by atoms with van der Waals surface area (Å²) in [7, 11) is 2.04. The van der Waals surface area contributed by atoms with Gasteiger partial charge >= 0.3 is 9.93 Å². The van der Waals surface area contributed by atoms with Gasteiger partial charge in [0.15, 0.2) is 0 Å². The zero-order chi connectivity index (χ0) is 15.8. The van der Waals surface area contributed by atoms with E-state index < -0.39 is 0 Å². The summed E-state index contributed by atoms with van der Waals surface area (Å²) in [6.07, 6.45) is 0. The van der Waals surface area contributed by atoms with E-state index in [1.165, 1.54) is 14.9 Å². The standard InChI is InChI=1S/C17H16N3OS2/c1-19-12-6-2-4-8-14(12)22-16(19)18-17-20(10-11-21)13-7-3-5-9-15(13)23-17/h2-9,21H,10-11H2,1H3/q+1. The SMILES string of the molecule is C[n+]1c(N=c2sc3ccccc3n2CCO)sc2ccccc21. The number of hydrogen-bond acceptors (Lipinski definition) is 4. The van der Waals surface area contributed by atoms with Crippen LogP contribution in [0, 0.1) is 0 Å². The maximum atomic E-state index is 9.40. The third-order valence-corrected chi connectivity index (χ3v) is 5.99. The number of fused-ring (bicyclic) bond motifs is 2. The smallest absolute Gasteiger partial charge is 0.386 e. The fourth-order valence-electron chi connectivity index (χ4n) is 2.69. The predicted molar refractivity (Wildman–Crippen MR) is 95.1 cm³/mol. The summed E-state index contributed by atoms with van der Waals surface area (Å²) >= 11 is 3.34. The normalized spacial score (nSPS) is 12.5. The molecule has 2 heterocycles. The topological polar surface area (TPSA) is 41.4 Å². The zero-order valence-corrected chi connectivity index (χ0v) is 14.3. The van der Waals surface area contributed by atoms with E-state index in [0.29, 0.717) is 6.54 Å². The van der Waals surface area contributed by atoms with E-state index in [4.69, 9.17) is 4.99 Å². The third-order valence-electron chi connectivity index (χ3n) is 3.82. The molecule has 23 heavy (non-hydrogen) atoms. The van der Waals surface area contributed by atoms with Crippen LogP contribution in [0.15, 0.2) is 53.5 Å². The molecular weight excluding hydrogens is 326 g/mol. The molecule has 4 rings (SSSR count). The van der Waals surface area contributed by atoms with E-state index in [1.54, 1.807) is 22.7 Å². The molecule has 4 nitrogen and oxygen atoms in total. The van der Waals surface area contributed by atoms with Crippen LogP contribution in [-0.2, 0) is 13.6 Å². The number of benzene rings is 2. The van der Waals surface area contributed by atoms with Gasteiger partial charge in [0.25, 0.3) is 0 Å². The zero-order valence-electron chi connectivity index (χ0n) is 12.6. The Hall–Kier alpha value is -2.02. The van der Waals surface area contributed by atoms with Gasteiger partial charge in [0, 0.05) is 4.99 Å². The Bertz CT molecular complexity index is 1060. The molecule has 6 heteroatoms. The van der Waals surface area contributed by atoms with Crippen LogP contribution in [0.25, 0.3) is 20.4 Å². The maximum Gasteiger partial charge on any atom is 0.386 e. The summed E-state index contributed by atoms with van der Waals surface area (Å²) in [6, 6.07) is 16.5. The fourth-order valence-corrected chi connectivity index (χ4v) is 4.83. The van der Waals surface area contributed by atoms with Crippen molar-refractivity contribution in [1.29, 1.82) is 0 Å². The van der Waals surface area contributed by atoms with Crippen molar-refractivity contribution < 1.29 is 9.67 Å². The highest BCUT2D eigenvalue weighted by Gasteiger charge is 2.17. The van der Waals surface area contributed by atoms with Crippen LogP contribution in [-0.4, -0.2) is 16.3 Å². The molecule has 0 radical (unpaired) electrons. The summed E-state index contributed by atoms with van der Waals surface area (Å²) < 4.78 is 6.62. The number of aryl methyl sites for hydroxylation is 1. The van der Waals surface area contributed by atoms with Crippen LogP contribution in [0.2, 0.25) is 0 Å². The van der Waals surface area contributed by atoms with Crippen LogP contribution in [0.1, 0.15) is 0 Å². The monoisotopic (exact) mass is 342 g/mol. The minimum Gasteiger partial charge on any atom is -0.395 e. The van der Waals surface area contributed by atoms with Crippen molar-refractivity contribution >= 4 is 48.2 Å². The second kappa shape index (κ2) is 5.88. The first-order chi connectivity index (χ1) is 11.3. The Kier molecular flexibility index (Phi) is 3.72. The summed E-state index contributed by atoms with van der Waals surface area (Å²) in [6.45, 7) is 0.657. The molecule has 0 saturated carbocycles. The highest BCUT2D eigenvalue weighted by molar-refractivity contribution is 7.21. The number of nitrogens with zero attached hydrogens (tertiary/aromatic N) is 3. The van der Waals surface area contributed by atoms with E-state index >= 15 is 0 Å². The van der Waals surface area contributed by atoms with Crippen molar-refractivity contribution in [1.82, 2.24) is 4.57 Å². The molecule has 2 aromatic carbocycles. The summed E-state index contributed by atoms with van der Waals surface area (Å²) in [5.41, 5.74) is 2.31. The quantitative estimate of drug-likeness (QED) is 0.572. The average molecular weight is 342 g/mol. The molecule has 0 aliphatic rings. The van der Waals surface area contributed by atoms with E-state index in [2.05, 4.69) is 33.4 Å². The Labute approximate surface area is 141 Å². The number of para-hydroxylation sites is 2. The van der Waals surface area contributed by atoms with Crippen molar-refractivity contribution in [3.8, 4) is 0 Å². The Balaban J connectivity index is 1.98. The van der Waals surface area contributed by atoms with Crippen molar-refractivity contribution in [3.63, 3.8) is 0 Å². The number of thiazole rings is 2. The van der Waals surface area contributed by atoms with Crippen LogP contribution >= 0.6 is 22.7 Å². The van der Waals surface area contributed by atoms with Gasteiger partial charge in [0.1, 0.15) is 5.52 Å². The first-order valence-electron chi connectivity index (χ1n) is 7.39. The highest BCUT2D eigenvalue weighted by Crippen LogP contribution is 2.25. The lowest BCUT2D eigenvalue weighted by Crippen LogP contribution is -2.27. The van der Waals surface area contributed by atoms with Crippen LogP contribution in [0.5, 0.6) is 0 Å². The Morgan fingerprint density at radius 1 is 1.04 bits per heavy atom. The van der Waals surface area contributed by atoms with Crippen LogP contribution < -0.4 is 9.37 Å². The molecule has 2 aromatic heterocycles. The van der Waals surface area contributed by atoms with Gasteiger partial charge in [-0.05, 0) is 35.6 Å². The fraction of sp³-hybridized carbons (Fsp3) is 0.176. The van der Waals surface area contributed by atoms with Gasteiger partial charge in [-0.25, -0.2) is 4.57 Å². The molecule has 0 fully saturated rings. The summed E-state index contributed by atoms with van der Waals surface area (Å²) in [5.74, 6) is 0. The lowest BCUT2D eigenvalue weighted by molar-refractivity contribution is -0.627. The molecular formula is C17H16N3OS2+. The van der Waals surface area contributed by atoms with Gasteiger partial charge in [-0.15, -0.1) is 0 Å². The van der Waals surface area contributed by atoms with Gasteiger partial charge < -0.3 is 5.11 Å². The number of hydrogen-bond donors (Lipinski definition) is 1. The summed E-state index contributed by atoms with van der Waals surface area (Å²) in [4.78, 5) is 5.80. The van der Waals surface area contributed by atoms with E-state index in [1.807, 2.05) is 31.3 Å². The highest BCUT2D eigenvalue weighted by atomic mass is 32.1. The molecule has 0 aliphatic heterocycles. The minimum atomic E-state index is 0.104. The van der Waals surface area contributed by atoms with Crippen molar-refractivity contribution in [2.75, 3.05) is 6.61 Å². The van der Waals surface area contributed by atoms with Crippen molar-refractivity contribution in [2.45, 2.75) is 6.54 Å². The lowest BCUT2D eigenvalue weighted by Gasteiger charge is -1.99. The molecule has 0 atom stereocenters. The minimum absolute atomic E-state index is 0.104. The van der Waals surface area contributed by atoms with Gasteiger partial charge in [0.2, 0.25) is 0 Å². The number of rotatable bonds is 3. The first kappa shape index (κ1) is 14.6. The molecule has 0 bridgehead atoms. The van der Waals surface area contributed by atoms with Crippen LogP contribution in [0.3, 0.4) is 0 Å². The molecule has 4 aromatic rings. The second-order valence-electron chi connectivity index (χ2n) is 5.25. The second-order valence-corrected chi connectivity index (χ2v) is 7.27. The largest absolute Gasteiger partial charge is 0.395 e. The molecule has 116 valence electrons. The Morgan fingerprint density at radius 2 is 1.78 bits per heavy atom. The van der Waals surface area contributed by atoms with Crippen LogP contribution in [0.4, 0.5) is 5.13 Å². The molecule has 0 amide bonds. The van der Waals surface area contributed by atoms with Gasteiger partial charge in [-0.3, -0.25) is 4.57 Å². The predicted octanol–water partition coefficient (Wildman–Crippen LogP) is 2.97. The average Bonchev–Trinajstić information content (AvgIpc) is 3.08. The first-order valence-corrected chi connectivity index (χ1v) is 9.03. The lowest BCUT2D eigenvalue weighted by atomic mass is 10.3. The number of aliphatic hydroxyl groups is 1. The maximum absolute atomic E-state index is 9.40. The number of aliphatic hydroxyl groups excluding tert-OH is 1. The number of aromatic nitrogens is 2. The molecule has 0 unspecified atom stereocenters. The van der Waals surface area contributed by atoms with E-state index in [9.17, 15) is 5.11 Å². The van der Waals surface area contributed by atoms with Crippen molar-refractivity contribution in [2.24, 2.45) is 12.0 Å². The Morgan fingerprint density at radius 3 is 2.57 bits per heavy atom. The molecule has 0 aliphatic carbocycles. The van der Waals surface area contributed by atoms with E-state index in [-0.39, 0.29) is 6.61 Å². The van der Waals surface area contributed by atoms with Gasteiger partial charge in [-0.1, -0.05) is 35.6 Å². The molecule has 0 saturated heterocycles. The molecule has 0 spiro atoms. The van der Waals surface area contributed by atoms with Gasteiger partial charge in [0.05, 0.1) is 35.1 Å². The molecule has 1 N–H and O–H groups in total. The van der Waals surface area contributed by atoms with Gasteiger partial charge in [-0.2, -0.15) is 0 Å². The third kappa shape index (κ3) is 2.49. The summed E-state index contributed by atoms with van der Waals surface area (Å²) in [5, 5.41) is 10.4.